The third-order valence-electron chi connectivity index (χ3n) is 4.26. The topological polar surface area (TPSA) is 149 Å². The minimum atomic E-state index is -1.01. The summed E-state index contributed by atoms with van der Waals surface area (Å²) < 4.78 is 9.67. The molecule has 1 aliphatic rings. The lowest BCUT2D eigenvalue weighted by atomic mass is 10.00. The van der Waals surface area contributed by atoms with Crippen molar-refractivity contribution in [3.63, 3.8) is 0 Å². The van der Waals surface area contributed by atoms with Crippen molar-refractivity contribution in [3.8, 4) is 6.07 Å². The number of ether oxygens (including phenoxy) is 2. The van der Waals surface area contributed by atoms with Gasteiger partial charge in [0.2, 0.25) is 0 Å². The molecule has 1 aromatic rings. The van der Waals surface area contributed by atoms with Gasteiger partial charge >= 0.3 is 11.9 Å². The summed E-state index contributed by atoms with van der Waals surface area (Å²) in [5.74, 6) is -2.48. The van der Waals surface area contributed by atoms with Gasteiger partial charge in [0.15, 0.2) is 6.61 Å². The standard InChI is InChI=1S/C18H19N3O7/c1-2-27-16(23)12-7-13(9-14(8-12)21(25)26)17(24)28-10-15(22)20-18(11-19)5-3-4-6-18/h7-9H,2-6,10H2,1H3,(H,20,22). The van der Waals surface area contributed by atoms with Crippen LogP contribution in [0.15, 0.2) is 18.2 Å². The van der Waals surface area contributed by atoms with E-state index in [2.05, 4.69) is 11.4 Å². The fraction of sp³-hybridized carbons (Fsp3) is 0.444. The highest BCUT2D eigenvalue weighted by atomic mass is 16.6. The van der Waals surface area contributed by atoms with Gasteiger partial charge in [-0.15, -0.1) is 0 Å². The van der Waals surface area contributed by atoms with Crippen LogP contribution < -0.4 is 5.32 Å². The summed E-state index contributed by atoms with van der Waals surface area (Å²) in [7, 11) is 0. The summed E-state index contributed by atoms with van der Waals surface area (Å²) in [6, 6.07) is 5.10. The summed E-state index contributed by atoms with van der Waals surface area (Å²) in [5.41, 5.74) is -1.88. The van der Waals surface area contributed by atoms with E-state index in [1.807, 2.05) is 0 Å². The van der Waals surface area contributed by atoms with E-state index in [1.165, 1.54) is 0 Å². The fourth-order valence-corrected chi connectivity index (χ4v) is 2.93. The Morgan fingerprint density at radius 3 is 2.25 bits per heavy atom. The number of rotatable bonds is 7. The maximum atomic E-state index is 12.2. The first kappa shape index (κ1) is 20.8. The van der Waals surface area contributed by atoms with Crippen molar-refractivity contribution in [1.82, 2.24) is 5.32 Å². The second-order valence-electron chi connectivity index (χ2n) is 6.27. The number of hydrogen-bond donors (Lipinski definition) is 1. The SMILES string of the molecule is CCOC(=O)c1cc(C(=O)OCC(=O)NC2(C#N)CCCC2)cc([N+](=O)[O-])c1. The molecule has 0 bridgehead atoms. The minimum Gasteiger partial charge on any atom is -0.462 e. The van der Waals surface area contributed by atoms with E-state index in [-0.39, 0.29) is 17.7 Å². The third kappa shape index (κ3) is 5.03. The van der Waals surface area contributed by atoms with Crippen molar-refractivity contribution < 1.29 is 28.8 Å². The molecule has 0 spiro atoms. The highest BCUT2D eigenvalue weighted by Gasteiger charge is 2.35. The van der Waals surface area contributed by atoms with Crippen molar-refractivity contribution in [1.29, 1.82) is 5.26 Å². The molecule has 0 heterocycles. The highest BCUT2D eigenvalue weighted by Crippen LogP contribution is 2.28. The molecular weight excluding hydrogens is 370 g/mol. The number of carbonyl (C=O) groups is 3. The average molecular weight is 389 g/mol. The molecule has 0 radical (unpaired) electrons. The van der Waals surface area contributed by atoms with Crippen LogP contribution in [0.5, 0.6) is 0 Å². The average Bonchev–Trinajstić information content (AvgIpc) is 3.14. The van der Waals surface area contributed by atoms with Gasteiger partial charge in [-0.05, 0) is 38.7 Å². The summed E-state index contributed by atoms with van der Waals surface area (Å²) in [6.07, 6.45) is 2.68. The van der Waals surface area contributed by atoms with Crippen LogP contribution in [0.2, 0.25) is 0 Å². The Kier molecular flexibility index (Phi) is 6.65. The molecule has 1 amide bonds. The molecule has 0 atom stereocenters. The number of benzene rings is 1. The van der Waals surface area contributed by atoms with Gasteiger partial charge in [-0.1, -0.05) is 0 Å². The van der Waals surface area contributed by atoms with Crippen molar-refractivity contribution in [2.45, 2.75) is 38.1 Å². The fourth-order valence-electron chi connectivity index (χ4n) is 2.93. The second kappa shape index (κ2) is 8.94. The van der Waals surface area contributed by atoms with E-state index in [0.29, 0.717) is 12.8 Å². The Balaban J connectivity index is 2.08. The highest BCUT2D eigenvalue weighted by molar-refractivity contribution is 5.97. The Hall–Kier alpha value is -3.48. The molecule has 10 heteroatoms. The molecule has 2 rings (SSSR count). The zero-order valence-corrected chi connectivity index (χ0v) is 15.2. The Morgan fingerprint density at radius 1 is 1.18 bits per heavy atom. The van der Waals surface area contributed by atoms with E-state index in [9.17, 15) is 29.8 Å². The number of nitriles is 1. The largest absolute Gasteiger partial charge is 0.462 e. The van der Waals surface area contributed by atoms with Gasteiger partial charge in [0.25, 0.3) is 11.6 Å². The molecule has 1 aromatic carbocycles. The number of non-ortho nitro benzene ring substituents is 1. The van der Waals surface area contributed by atoms with Gasteiger partial charge < -0.3 is 14.8 Å². The number of esters is 2. The Morgan fingerprint density at radius 2 is 1.75 bits per heavy atom. The molecule has 1 aliphatic carbocycles. The first-order valence-corrected chi connectivity index (χ1v) is 8.66. The number of hydrogen-bond acceptors (Lipinski definition) is 8. The number of nitrogens with zero attached hydrogens (tertiary/aromatic N) is 2. The van der Waals surface area contributed by atoms with Crippen molar-refractivity contribution in [2.24, 2.45) is 0 Å². The maximum absolute atomic E-state index is 12.2. The van der Waals surface area contributed by atoms with E-state index in [4.69, 9.17) is 9.47 Å². The van der Waals surface area contributed by atoms with Crippen molar-refractivity contribution in [2.75, 3.05) is 13.2 Å². The summed E-state index contributed by atoms with van der Waals surface area (Å²) in [6.45, 7) is 0.975. The number of nitro groups is 1. The molecule has 0 unspecified atom stereocenters. The zero-order valence-electron chi connectivity index (χ0n) is 15.2. The zero-order chi connectivity index (χ0) is 20.7. The Labute approximate surface area is 160 Å². The molecule has 1 N–H and O–H groups in total. The molecule has 148 valence electrons. The van der Waals surface area contributed by atoms with E-state index in [1.54, 1.807) is 6.92 Å². The van der Waals surface area contributed by atoms with Gasteiger partial charge in [-0.3, -0.25) is 14.9 Å². The number of nitro benzene ring substituents is 1. The first-order chi connectivity index (χ1) is 13.3. The van der Waals surface area contributed by atoms with Gasteiger partial charge in [-0.2, -0.15) is 5.26 Å². The molecule has 28 heavy (non-hydrogen) atoms. The molecule has 0 aliphatic heterocycles. The van der Waals surface area contributed by atoms with E-state index < -0.39 is 40.6 Å². The van der Waals surface area contributed by atoms with E-state index in [0.717, 1.165) is 31.0 Å². The van der Waals surface area contributed by atoms with Crippen molar-refractivity contribution in [3.05, 3.63) is 39.4 Å². The second-order valence-corrected chi connectivity index (χ2v) is 6.27. The summed E-state index contributed by atoms with van der Waals surface area (Å²) in [5, 5.41) is 22.9. The van der Waals surface area contributed by atoms with Gasteiger partial charge in [-0.25, -0.2) is 9.59 Å². The number of carbonyl (C=O) groups excluding carboxylic acids is 3. The van der Waals surface area contributed by atoms with Crippen LogP contribution in [0.4, 0.5) is 5.69 Å². The third-order valence-corrected chi connectivity index (χ3v) is 4.26. The van der Waals surface area contributed by atoms with Crippen LogP contribution in [0, 0.1) is 21.4 Å². The molecule has 1 saturated carbocycles. The predicted molar refractivity (Wildman–Crippen MR) is 94.3 cm³/mol. The van der Waals surface area contributed by atoms with Gasteiger partial charge in [0, 0.05) is 12.1 Å². The van der Waals surface area contributed by atoms with Gasteiger partial charge in [0.1, 0.15) is 5.54 Å². The minimum absolute atomic E-state index is 0.0577. The number of nitrogens with one attached hydrogen (secondary N) is 1. The molecule has 10 nitrogen and oxygen atoms in total. The lowest BCUT2D eigenvalue weighted by Crippen LogP contribution is -2.46. The number of amides is 1. The monoisotopic (exact) mass is 389 g/mol. The van der Waals surface area contributed by atoms with Crippen LogP contribution in [-0.4, -0.2) is 41.5 Å². The van der Waals surface area contributed by atoms with Crippen LogP contribution in [0.1, 0.15) is 53.3 Å². The summed E-state index contributed by atoms with van der Waals surface area (Å²) >= 11 is 0. The molecule has 1 fully saturated rings. The maximum Gasteiger partial charge on any atom is 0.338 e. The first-order valence-electron chi connectivity index (χ1n) is 8.66. The van der Waals surface area contributed by atoms with Crippen LogP contribution >= 0.6 is 0 Å². The smallest absolute Gasteiger partial charge is 0.338 e. The van der Waals surface area contributed by atoms with Gasteiger partial charge in [0.05, 0.1) is 28.7 Å². The quantitative estimate of drug-likeness (QED) is 0.422. The van der Waals surface area contributed by atoms with Crippen LogP contribution in [-0.2, 0) is 14.3 Å². The molecular formula is C18H19N3O7. The van der Waals surface area contributed by atoms with Crippen LogP contribution in [0.25, 0.3) is 0 Å². The molecule has 0 aromatic heterocycles. The lowest BCUT2D eigenvalue weighted by Gasteiger charge is -2.21. The van der Waals surface area contributed by atoms with E-state index >= 15 is 0 Å². The van der Waals surface area contributed by atoms with Crippen LogP contribution in [0.3, 0.4) is 0 Å². The lowest BCUT2D eigenvalue weighted by molar-refractivity contribution is -0.384. The normalized spacial score (nSPS) is 14.6. The predicted octanol–water partition coefficient (Wildman–Crippen LogP) is 1.88. The molecule has 0 saturated heterocycles. The summed E-state index contributed by atoms with van der Waals surface area (Å²) in [4.78, 5) is 46.3. The Bertz CT molecular complexity index is 838. The van der Waals surface area contributed by atoms with Crippen molar-refractivity contribution >= 4 is 23.5 Å².